The van der Waals surface area contributed by atoms with Gasteiger partial charge in [-0.1, -0.05) is 60.7 Å². The Labute approximate surface area is 207 Å². The lowest BCUT2D eigenvalue weighted by Gasteiger charge is -2.32. The van der Waals surface area contributed by atoms with Crippen LogP contribution in [0, 0.1) is 5.92 Å². The van der Waals surface area contributed by atoms with Crippen molar-refractivity contribution in [3.05, 3.63) is 107 Å². The van der Waals surface area contributed by atoms with Gasteiger partial charge in [-0.2, -0.15) is 0 Å². The fourth-order valence-corrected chi connectivity index (χ4v) is 5.08. The molecule has 2 aliphatic carbocycles. The number of benzene rings is 1. The van der Waals surface area contributed by atoms with Crippen LogP contribution >= 0.6 is 0 Å². The van der Waals surface area contributed by atoms with E-state index in [0.29, 0.717) is 24.5 Å². The number of carboxylic acid groups (broad SMARTS) is 1. The Morgan fingerprint density at radius 3 is 2.66 bits per heavy atom. The topological polar surface area (TPSA) is 59.0 Å². The van der Waals surface area contributed by atoms with Gasteiger partial charge in [0.2, 0.25) is 0 Å². The smallest absolute Gasteiger partial charge is 0.331 e. The van der Waals surface area contributed by atoms with Crippen molar-refractivity contribution in [2.45, 2.75) is 44.8 Å². The molecule has 35 heavy (non-hydrogen) atoms. The summed E-state index contributed by atoms with van der Waals surface area (Å²) in [6.45, 7) is 3.69. The summed E-state index contributed by atoms with van der Waals surface area (Å²) in [5, 5.41) is 9.20. The maximum atomic E-state index is 11.2. The van der Waals surface area contributed by atoms with Crippen LogP contribution < -0.4 is 0 Å². The average molecular weight is 472 g/mol. The Kier molecular flexibility index (Phi) is 7.34. The molecule has 2 heterocycles. The van der Waals surface area contributed by atoms with Gasteiger partial charge in [-0.25, -0.2) is 4.79 Å². The van der Waals surface area contributed by atoms with E-state index >= 15 is 0 Å². The monoisotopic (exact) mass is 471 g/mol. The number of likely N-dealkylation sites (tertiary alicyclic amines) is 1. The van der Waals surface area contributed by atoms with Gasteiger partial charge >= 0.3 is 5.97 Å². The highest BCUT2D eigenvalue weighted by atomic mass is 16.6. The van der Waals surface area contributed by atoms with Crippen LogP contribution in [0.1, 0.15) is 49.3 Å². The van der Waals surface area contributed by atoms with Crippen molar-refractivity contribution >= 4 is 5.97 Å². The minimum atomic E-state index is -0.825. The Morgan fingerprint density at radius 2 is 1.86 bits per heavy atom. The van der Waals surface area contributed by atoms with Crippen LogP contribution in [0.25, 0.3) is 0 Å². The van der Waals surface area contributed by atoms with E-state index < -0.39 is 5.97 Å². The standard InChI is InChI=1S/C30H33NO4/c32-30(33)26-6-4-5-22(9-14-26)19-23-15-17-31(18-16-23)20-24-10-12-25(13-11-24)29-21-34-27-7-2-1-3-8-28(27)35-29/h1,3-5,7-14,23,29H,2,6,15-21H2,(H,32,33)/t29-/m1/s1. The van der Waals surface area contributed by atoms with Crippen molar-refractivity contribution in [2.24, 2.45) is 5.92 Å². The predicted octanol–water partition coefficient (Wildman–Crippen LogP) is 6.00. The molecule has 0 radical (unpaired) electrons. The highest BCUT2D eigenvalue weighted by Crippen LogP contribution is 2.33. The lowest BCUT2D eigenvalue weighted by Crippen LogP contribution is -2.33. The van der Waals surface area contributed by atoms with Gasteiger partial charge in [-0.15, -0.1) is 0 Å². The molecule has 5 rings (SSSR count). The fraction of sp³-hybridized carbons (Fsp3) is 0.367. The molecule has 4 aliphatic rings. The van der Waals surface area contributed by atoms with Crippen molar-refractivity contribution < 1.29 is 19.4 Å². The van der Waals surface area contributed by atoms with Crippen LogP contribution in [-0.2, 0) is 20.8 Å². The lowest BCUT2D eigenvalue weighted by atomic mass is 9.89. The summed E-state index contributed by atoms with van der Waals surface area (Å²) in [5.41, 5.74) is 4.16. The average Bonchev–Trinajstić information content (AvgIpc) is 3.26. The van der Waals surface area contributed by atoms with Crippen LogP contribution in [0.5, 0.6) is 0 Å². The SMILES string of the molecule is O=C(O)C1=CC=C(CC2CCN(Cc3ccc([C@H]4COC5=CCC=CC=C5O4)cc3)CC2)C=CC1. The summed E-state index contributed by atoms with van der Waals surface area (Å²) < 4.78 is 12.2. The van der Waals surface area contributed by atoms with E-state index in [1.807, 2.05) is 24.3 Å². The molecule has 2 aliphatic heterocycles. The number of nitrogens with zero attached hydrogens (tertiary/aromatic N) is 1. The number of carboxylic acids is 1. The molecule has 0 saturated carbocycles. The second-order valence-electron chi connectivity index (χ2n) is 9.69. The Balaban J connectivity index is 1.10. The third-order valence-corrected chi connectivity index (χ3v) is 7.16. The maximum absolute atomic E-state index is 11.2. The van der Waals surface area contributed by atoms with Gasteiger partial charge in [0.05, 0.1) is 0 Å². The molecule has 182 valence electrons. The minimum Gasteiger partial charge on any atom is -0.486 e. The quantitative estimate of drug-likeness (QED) is 0.551. The van der Waals surface area contributed by atoms with Crippen LogP contribution in [0.3, 0.4) is 0 Å². The molecule has 1 aromatic rings. The first-order valence-corrected chi connectivity index (χ1v) is 12.6. The Hall–Kier alpha value is -3.31. The van der Waals surface area contributed by atoms with Crippen LogP contribution in [-0.4, -0.2) is 35.7 Å². The zero-order valence-corrected chi connectivity index (χ0v) is 20.1. The summed E-state index contributed by atoms with van der Waals surface area (Å²) in [5.74, 6) is 1.49. The molecule has 5 heteroatoms. The van der Waals surface area contributed by atoms with E-state index in [1.54, 1.807) is 6.08 Å². The molecule has 5 nitrogen and oxygen atoms in total. The first kappa shape index (κ1) is 23.4. The molecule has 1 atom stereocenters. The van der Waals surface area contributed by atoms with Gasteiger partial charge in [-0.05, 0) is 80.0 Å². The molecule has 1 N–H and O–H groups in total. The van der Waals surface area contributed by atoms with Crippen LogP contribution in [0.2, 0.25) is 0 Å². The molecule has 1 aromatic carbocycles. The normalized spacial score (nSPS) is 22.9. The molecular formula is C30H33NO4. The highest BCUT2D eigenvalue weighted by molar-refractivity contribution is 5.87. The van der Waals surface area contributed by atoms with E-state index in [-0.39, 0.29) is 6.10 Å². The van der Waals surface area contributed by atoms with Crippen molar-refractivity contribution in [3.63, 3.8) is 0 Å². The Bertz CT molecular complexity index is 1110. The molecule has 2 fully saturated rings. The fourth-order valence-electron chi connectivity index (χ4n) is 5.08. The van der Waals surface area contributed by atoms with Crippen molar-refractivity contribution in [1.82, 2.24) is 4.90 Å². The number of aliphatic carboxylic acids is 1. The number of fused-ring (bicyclic) bond motifs is 1. The second-order valence-corrected chi connectivity index (χ2v) is 9.69. The van der Waals surface area contributed by atoms with E-state index in [9.17, 15) is 9.90 Å². The number of ether oxygens (including phenoxy) is 2. The Morgan fingerprint density at radius 1 is 1.03 bits per heavy atom. The summed E-state index contributed by atoms with van der Waals surface area (Å²) in [7, 11) is 0. The first-order chi connectivity index (χ1) is 17.1. The summed E-state index contributed by atoms with van der Waals surface area (Å²) in [6.07, 6.45) is 20.6. The summed E-state index contributed by atoms with van der Waals surface area (Å²) in [4.78, 5) is 13.7. The van der Waals surface area contributed by atoms with Crippen LogP contribution in [0.15, 0.2) is 95.5 Å². The van der Waals surface area contributed by atoms with Crippen molar-refractivity contribution in [2.75, 3.05) is 19.7 Å². The number of hydrogen-bond acceptors (Lipinski definition) is 4. The third-order valence-electron chi connectivity index (χ3n) is 7.16. The molecule has 0 amide bonds. The maximum Gasteiger partial charge on any atom is 0.331 e. The van der Waals surface area contributed by atoms with Gasteiger partial charge < -0.3 is 14.6 Å². The summed E-state index contributed by atoms with van der Waals surface area (Å²) >= 11 is 0. The molecule has 0 unspecified atom stereocenters. The van der Waals surface area contributed by atoms with E-state index in [4.69, 9.17) is 9.47 Å². The molecule has 0 aromatic heterocycles. The zero-order chi connectivity index (χ0) is 24.0. The van der Waals surface area contributed by atoms with Gasteiger partial charge in [0.15, 0.2) is 17.6 Å². The molecule has 0 spiro atoms. The van der Waals surface area contributed by atoms with E-state index in [1.165, 1.54) is 24.0 Å². The number of hydrogen-bond donors (Lipinski definition) is 1. The predicted molar refractivity (Wildman–Crippen MR) is 136 cm³/mol. The number of allylic oxidation sites excluding steroid dienone is 9. The van der Waals surface area contributed by atoms with Gasteiger partial charge in [0.25, 0.3) is 0 Å². The molecule has 2 saturated heterocycles. The van der Waals surface area contributed by atoms with Gasteiger partial charge in [0.1, 0.15) is 6.61 Å². The number of carbonyl (C=O) groups is 1. The first-order valence-electron chi connectivity index (χ1n) is 12.6. The minimum absolute atomic E-state index is 0.0801. The van der Waals surface area contributed by atoms with E-state index in [0.717, 1.165) is 49.6 Å². The van der Waals surface area contributed by atoms with Gasteiger partial charge in [0, 0.05) is 12.1 Å². The summed E-state index contributed by atoms with van der Waals surface area (Å²) in [6, 6.07) is 8.76. The van der Waals surface area contributed by atoms with Crippen molar-refractivity contribution in [1.29, 1.82) is 0 Å². The second kappa shape index (κ2) is 11.0. The van der Waals surface area contributed by atoms with E-state index in [2.05, 4.69) is 47.4 Å². The molecule has 0 bridgehead atoms. The largest absolute Gasteiger partial charge is 0.486 e. The zero-order valence-electron chi connectivity index (χ0n) is 20.1. The lowest BCUT2D eigenvalue weighted by molar-refractivity contribution is -0.132. The van der Waals surface area contributed by atoms with Crippen molar-refractivity contribution in [3.8, 4) is 0 Å². The number of rotatable bonds is 6. The number of piperidine rings is 1. The van der Waals surface area contributed by atoms with Crippen LogP contribution in [0.4, 0.5) is 0 Å². The van der Waals surface area contributed by atoms with Gasteiger partial charge in [-0.3, -0.25) is 4.90 Å². The highest BCUT2D eigenvalue weighted by Gasteiger charge is 2.25. The third kappa shape index (κ3) is 6.04. The molecular weight excluding hydrogens is 438 g/mol.